The molecule has 24 heavy (non-hydrogen) atoms. The molecular weight excluding hydrogens is 302 g/mol. The maximum absolute atomic E-state index is 9.14. The van der Waals surface area contributed by atoms with Crippen molar-refractivity contribution in [2.45, 2.75) is 122 Å². The van der Waals surface area contributed by atoms with Crippen molar-refractivity contribution in [2.24, 2.45) is 0 Å². The molecule has 0 spiro atoms. The molecule has 0 aliphatic heterocycles. The molecule has 0 saturated heterocycles. The van der Waals surface area contributed by atoms with Crippen LogP contribution in [0.5, 0.6) is 0 Å². The van der Waals surface area contributed by atoms with E-state index in [9.17, 15) is 0 Å². The van der Waals surface area contributed by atoms with E-state index in [1.807, 2.05) is 0 Å². The molecule has 148 valence electrons. The summed E-state index contributed by atoms with van der Waals surface area (Å²) in [6.45, 7) is 4.50. The van der Waals surface area contributed by atoms with Crippen LogP contribution in [-0.2, 0) is 0 Å². The average Bonchev–Trinajstić information content (AvgIpc) is 2.49. The van der Waals surface area contributed by atoms with Gasteiger partial charge in [-0.3, -0.25) is 5.32 Å². The maximum atomic E-state index is 9.14. The Morgan fingerprint density at radius 1 is 0.583 bits per heavy atom. The standard InChI is InChI=1S/C20H43NO2.H2O/c1-3-4-5-6-7-8-9-10-11-12-13-14-15-16-17-18-19-21-20(2,22)23;/h21-23H,3-19H2,1-2H3;1H2. The highest BCUT2D eigenvalue weighted by molar-refractivity contribution is 4.49. The molecule has 0 saturated carbocycles. The maximum Gasteiger partial charge on any atom is 0.307 e. The number of rotatable bonds is 18. The minimum atomic E-state index is -1.59. The first kappa shape index (κ1) is 26.1. The molecule has 4 heteroatoms. The molecule has 0 aromatic rings. The summed E-state index contributed by atoms with van der Waals surface area (Å²) >= 11 is 0. The van der Waals surface area contributed by atoms with Gasteiger partial charge < -0.3 is 15.7 Å². The zero-order chi connectivity index (χ0) is 17.2. The molecular formula is C20H45NO3. The molecule has 0 aliphatic carbocycles. The quantitative estimate of drug-likeness (QED) is 0.255. The number of hydrogen-bond acceptors (Lipinski definition) is 3. The van der Waals surface area contributed by atoms with Crippen molar-refractivity contribution in [3.8, 4) is 0 Å². The predicted octanol–water partition coefficient (Wildman–Crippen LogP) is 4.29. The highest BCUT2D eigenvalue weighted by Crippen LogP contribution is 2.13. The number of hydrogen-bond donors (Lipinski definition) is 3. The van der Waals surface area contributed by atoms with E-state index < -0.39 is 5.91 Å². The van der Waals surface area contributed by atoms with Gasteiger partial charge in [0.25, 0.3) is 0 Å². The Morgan fingerprint density at radius 3 is 1.17 bits per heavy atom. The fourth-order valence-electron chi connectivity index (χ4n) is 3.07. The lowest BCUT2D eigenvalue weighted by Gasteiger charge is -2.13. The summed E-state index contributed by atoms with van der Waals surface area (Å²) in [5.41, 5.74) is 0. The third kappa shape index (κ3) is 24.1. The van der Waals surface area contributed by atoms with E-state index in [1.54, 1.807) is 5.32 Å². The molecule has 0 atom stereocenters. The van der Waals surface area contributed by atoms with Crippen LogP contribution in [0.4, 0.5) is 0 Å². The molecule has 0 rings (SSSR count). The minimum Gasteiger partial charge on any atom is -0.870 e. The van der Waals surface area contributed by atoms with Crippen molar-refractivity contribution in [3.05, 3.63) is 0 Å². The number of unbranched alkanes of at least 4 members (excludes halogenated alkanes) is 15. The van der Waals surface area contributed by atoms with Crippen LogP contribution in [0.1, 0.15) is 117 Å². The fourth-order valence-corrected chi connectivity index (χ4v) is 3.07. The van der Waals surface area contributed by atoms with E-state index >= 15 is 0 Å². The molecule has 0 unspecified atom stereocenters. The molecule has 0 radical (unpaired) electrons. The minimum absolute atomic E-state index is 0. The third-order valence-electron chi connectivity index (χ3n) is 4.59. The second kappa shape index (κ2) is 19.2. The van der Waals surface area contributed by atoms with Gasteiger partial charge in [-0.15, -0.1) is 0 Å². The van der Waals surface area contributed by atoms with Gasteiger partial charge in [-0.2, -0.15) is 0 Å². The second-order valence-corrected chi connectivity index (χ2v) is 7.39. The molecule has 5 N–H and O–H groups in total. The van der Waals surface area contributed by atoms with Crippen molar-refractivity contribution in [2.75, 3.05) is 6.54 Å². The Hall–Kier alpha value is -0.160. The first-order chi connectivity index (χ1) is 11.1. The van der Waals surface area contributed by atoms with E-state index in [2.05, 4.69) is 6.92 Å². The summed E-state index contributed by atoms with van der Waals surface area (Å²) < 4.78 is 0. The third-order valence-corrected chi connectivity index (χ3v) is 4.59. The summed E-state index contributed by atoms with van der Waals surface area (Å²) in [4.78, 5) is 0. The largest absolute Gasteiger partial charge is 0.870 e. The first-order valence-corrected chi connectivity index (χ1v) is 10.4. The summed E-state index contributed by atoms with van der Waals surface area (Å²) in [6, 6.07) is 0. The van der Waals surface area contributed by atoms with E-state index in [0.717, 1.165) is 13.0 Å². The molecule has 0 aromatic carbocycles. The molecule has 0 amide bonds. The fraction of sp³-hybridized carbons (Fsp3) is 1.00. The van der Waals surface area contributed by atoms with Gasteiger partial charge in [0, 0.05) is 6.92 Å². The summed E-state index contributed by atoms with van der Waals surface area (Å²) in [7, 11) is 0. The number of nitrogens with two attached hydrogens (primary N) is 1. The van der Waals surface area contributed by atoms with Crippen LogP contribution in [0.3, 0.4) is 0 Å². The predicted molar refractivity (Wildman–Crippen MR) is 101 cm³/mol. The monoisotopic (exact) mass is 347 g/mol. The molecule has 0 bridgehead atoms. The number of quaternary nitrogens is 1. The Labute approximate surface area is 150 Å². The van der Waals surface area contributed by atoms with E-state index in [-0.39, 0.29) is 5.48 Å². The van der Waals surface area contributed by atoms with Crippen LogP contribution in [0.25, 0.3) is 0 Å². The summed E-state index contributed by atoms with van der Waals surface area (Å²) in [5.74, 6) is -1.59. The molecule has 0 aromatic heterocycles. The topological polar surface area (TPSA) is 87.1 Å². The smallest absolute Gasteiger partial charge is 0.307 e. The van der Waals surface area contributed by atoms with Gasteiger partial charge >= 0.3 is 5.91 Å². The summed E-state index contributed by atoms with van der Waals surface area (Å²) in [5, 5.41) is 19.9. The molecule has 0 aliphatic rings. The van der Waals surface area contributed by atoms with Crippen LogP contribution in [0.2, 0.25) is 0 Å². The van der Waals surface area contributed by atoms with Gasteiger partial charge in [0.15, 0.2) is 0 Å². The van der Waals surface area contributed by atoms with Crippen LogP contribution < -0.4 is 5.32 Å². The van der Waals surface area contributed by atoms with Crippen molar-refractivity contribution in [3.63, 3.8) is 0 Å². The Bertz CT molecular complexity index is 229. The lowest BCUT2D eigenvalue weighted by Crippen LogP contribution is -2.96. The van der Waals surface area contributed by atoms with Gasteiger partial charge in [-0.25, -0.2) is 0 Å². The van der Waals surface area contributed by atoms with E-state index in [0.29, 0.717) is 0 Å². The van der Waals surface area contributed by atoms with Crippen LogP contribution in [0.15, 0.2) is 0 Å². The van der Waals surface area contributed by atoms with Crippen molar-refractivity contribution < 1.29 is 21.0 Å². The van der Waals surface area contributed by atoms with Crippen molar-refractivity contribution >= 4 is 0 Å². The Morgan fingerprint density at radius 2 is 0.875 bits per heavy atom. The average molecular weight is 348 g/mol. The Kier molecular flexibility index (Phi) is 20.8. The Balaban J connectivity index is 0. The molecule has 0 fully saturated rings. The highest BCUT2D eigenvalue weighted by atomic mass is 16.5. The van der Waals surface area contributed by atoms with Gasteiger partial charge in [-0.05, 0) is 12.8 Å². The zero-order valence-corrected chi connectivity index (χ0v) is 16.4. The van der Waals surface area contributed by atoms with Crippen LogP contribution in [-0.4, -0.2) is 28.1 Å². The van der Waals surface area contributed by atoms with Crippen molar-refractivity contribution in [1.29, 1.82) is 0 Å². The van der Waals surface area contributed by atoms with Crippen LogP contribution in [0, 0.1) is 0 Å². The molecule has 4 nitrogen and oxygen atoms in total. The summed E-state index contributed by atoms with van der Waals surface area (Å²) in [6.07, 6.45) is 22.0. The number of aliphatic hydroxyl groups is 2. The van der Waals surface area contributed by atoms with Crippen LogP contribution >= 0.6 is 0 Å². The first-order valence-electron chi connectivity index (χ1n) is 10.4. The second-order valence-electron chi connectivity index (χ2n) is 7.39. The lowest BCUT2D eigenvalue weighted by molar-refractivity contribution is -0.806. The molecule has 0 heterocycles. The van der Waals surface area contributed by atoms with Gasteiger partial charge in [-0.1, -0.05) is 96.8 Å². The van der Waals surface area contributed by atoms with Gasteiger partial charge in [0.05, 0.1) is 6.54 Å². The zero-order valence-electron chi connectivity index (χ0n) is 16.4. The van der Waals surface area contributed by atoms with Gasteiger partial charge in [0.2, 0.25) is 0 Å². The van der Waals surface area contributed by atoms with E-state index in [4.69, 9.17) is 10.2 Å². The lowest BCUT2D eigenvalue weighted by atomic mass is 10.0. The highest BCUT2D eigenvalue weighted by Gasteiger charge is 2.16. The normalized spacial score (nSPS) is 11.5. The SMILES string of the molecule is CCCCCCCCCCCCCCCCCC[NH2+]C(C)(O)O.[OH-]. The van der Waals surface area contributed by atoms with Crippen molar-refractivity contribution in [1.82, 2.24) is 0 Å². The van der Waals surface area contributed by atoms with E-state index in [1.165, 1.54) is 103 Å². The van der Waals surface area contributed by atoms with Gasteiger partial charge in [0.1, 0.15) is 0 Å².